The van der Waals surface area contributed by atoms with Crippen molar-refractivity contribution in [3.63, 3.8) is 0 Å². The summed E-state index contributed by atoms with van der Waals surface area (Å²) in [4.78, 5) is 39.4. The molecule has 178 valence electrons. The smallest absolute Gasteiger partial charge is 0.307 e. The number of carbonyl (C=O) groups excluding carboxylic acids is 3. The Kier molecular flexibility index (Phi) is 11.1. The number of halogens is 1. The molecule has 1 heterocycles. The molecule has 0 radical (unpaired) electrons. The number of nitrogens with one attached hydrogen (secondary N) is 1. The van der Waals surface area contributed by atoms with Crippen LogP contribution < -0.4 is 5.32 Å². The molecule has 0 aliphatic carbocycles. The van der Waals surface area contributed by atoms with Crippen LogP contribution in [-0.4, -0.2) is 65.8 Å². The van der Waals surface area contributed by atoms with Crippen molar-refractivity contribution in [1.82, 2.24) is 10.2 Å². The third-order valence-electron chi connectivity index (χ3n) is 5.69. The van der Waals surface area contributed by atoms with E-state index in [2.05, 4.69) is 5.32 Å². The summed E-state index contributed by atoms with van der Waals surface area (Å²) in [6, 6.07) is 7.85. The monoisotopic (exact) mass is 450 g/mol. The van der Waals surface area contributed by atoms with E-state index in [4.69, 9.17) is 4.74 Å². The van der Waals surface area contributed by atoms with Gasteiger partial charge in [-0.1, -0.05) is 43.7 Å². The number of nitrogens with zero attached hydrogens (tertiary/aromatic N) is 1. The molecular weight excluding hydrogens is 415 g/mol. The number of aliphatic hydroxyl groups is 1. The van der Waals surface area contributed by atoms with Gasteiger partial charge >= 0.3 is 5.97 Å². The summed E-state index contributed by atoms with van der Waals surface area (Å²) in [5.41, 5.74) is 1.05. The van der Waals surface area contributed by atoms with Gasteiger partial charge in [-0.3, -0.25) is 14.4 Å². The molecular formula is C24H35FN2O5. The molecule has 1 aromatic carbocycles. The van der Waals surface area contributed by atoms with Crippen molar-refractivity contribution < 1.29 is 28.6 Å². The van der Waals surface area contributed by atoms with Gasteiger partial charge in [0.1, 0.15) is 18.8 Å². The standard InChI is InChI=1S/C24H35FN2O5/c1-2-3-15-32-23(30)16-19(21(28)17-25)26-24(31)20-11-7-8-14-27(20)22(29)13-12-18-9-5-4-6-10-18/h4-6,9-10,19-21,28H,2-3,7-8,11-17H2,1H3,(H,26,31). The topological polar surface area (TPSA) is 95.9 Å². The molecule has 3 unspecified atom stereocenters. The molecule has 1 aliphatic rings. The van der Waals surface area contributed by atoms with E-state index in [-0.39, 0.29) is 25.4 Å². The lowest BCUT2D eigenvalue weighted by molar-refractivity contribution is -0.147. The Hall–Kier alpha value is -2.48. The van der Waals surface area contributed by atoms with Crippen LogP contribution in [0.5, 0.6) is 0 Å². The van der Waals surface area contributed by atoms with E-state index in [1.165, 1.54) is 0 Å². The highest BCUT2D eigenvalue weighted by Gasteiger charge is 2.34. The maximum Gasteiger partial charge on any atom is 0.307 e. The molecule has 2 amide bonds. The minimum absolute atomic E-state index is 0.115. The number of likely N-dealkylation sites (tertiary alicyclic amines) is 1. The van der Waals surface area contributed by atoms with E-state index >= 15 is 0 Å². The number of carbonyl (C=O) groups is 3. The van der Waals surface area contributed by atoms with Crippen molar-refractivity contribution in [3.05, 3.63) is 35.9 Å². The number of benzene rings is 1. The van der Waals surface area contributed by atoms with E-state index in [0.717, 1.165) is 24.8 Å². The minimum Gasteiger partial charge on any atom is -0.466 e. The van der Waals surface area contributed by atoms with Crippen LogP contribution in [0.2, 0.25) is 0 Å². The summed E-state index contributed by atoms with van der Waals surface area (Å²) in [7, 11) is 0. The van der Waals surface area contributed by atoms with Gasteiger partial charge in [0.15, 0.2) is 0 Å². The molecule has 32 heavy (non-hydrogen) atoms. The van der Waals surface area contributed by atoms with Crippen molar-refractivity contribution in [2.24, 2.45) is 0 Å². The zero-order valence-electron chi connectivity index (χ0n) is 18.8. The predicted molar refractivity (Wildman–Crippen MR) is 119 cm³/mol. The van der Waals surface area contributed by atoms with Gasteiger partial charge in [0.05, 0.1) is 19.1 Å². The molecule has 2 N–H and O–H groups in total. The van der Waals surface area contributed by atoms with E-state index in [9.17, 15) is 23.9 Å². The molecule has 1 aromatic rings. The molecule has 3 atom stereocenters. The number of hydrogen-bond acceptors (Lipinski definition) is 5. The number of hydrogen-bond donors (Lipinski definition) is 2. The van der Waals surface area contributed by atoms with Crippen molar-refractivity contribution in [2.45, 2.75) is 76.5 Å². The van der Waals surface area contributed by atoms with Gasteiger partial charge in [0.2, 0.25) is 11.8 Å². The second-order valence-corrected chi connectivity index (χ2v) is 8.20. The fourth-order valence-electron chi connectivity index (χ4n) is 3.78. The summed E-state index contributed by atoms with van der Waals surface area (Å²) in [6.07, 6.45) is 2.66. The first-order chi connectivity index (χ1) is 15.5. The van der Waals surface area contributed by atoms with Crippen molar-refractivity contribution in [2.75, 3.05) is 19.8 Å². The van der Waals surface area contributed by atoms with Crippen molar-refractivity contribution >= 4 is 17.8 Å². The minimum atomic E-state index is -1.52. The van der Waals surface area contributed by atoms with E-state index in [1.807, 2.05) is 37.3 Å². The number of piperidine rings is 1. The Labute approximate surface area is 189 Å². The number of ether oxygens (including phenoxy) is 1. The SMILES string of the molecule is CCCCOC(=O)CC(NC(=O)C1CCCCN1C(=O)CCc1ccccc1)C(O)CF. The number of alkyl halides is 1. The maximum atomic E-state index is 13.1. The predicted octanol–water partition coefficient (Wildman–Crippen LogP) is 2.55. The van der Waals surface area contributed by atoms with Crippen LogP contribution in [0, 0.1) is 0 Å². The third kappa shape index (κ3) is 8.22. The van der Waals surface area contributed by atoms with Gasteiger partial charge in [-0.2, -0.15) is 0 Å². The molecule has 7 nitrogen and oxygen atoms in total. The van der Waals surface area contributed by atoms with Crippen molar-refractivity contribution in [1.29, 1.82) is 0 Å². The summed E-state index contributed by atoms with van der Waals surface area (Å²) in [5, 5.41) is 12.6. The van der Waals surface area contributed by atoms with Gasteiger partial charge in [-0.15, -0.1) is 0 Å². The molecule has 2 rings (SSSR count). The van der Waals surface area contributed by atoms with E-state index < -0.39 is 36.7 Å². The Morgan fingerprint density at radius 2 is 2.00 bits per heavy atom. The molecule has 0 spiro atoms. The maximum absolute atomic E-state index is 13.1. The number of esters is 1. The van der Waals surface area contributed by atoms with Crippen LogP contribution in [0.25, 0.3) is 0 Å². The fourth-order valence-corrected chi connectivity index (χ4v) is 3.78. The summed E-state index contributed by atoms with van der Waals surface area (Å²) in [6.45, 7) is 1.58. The van der Waals surface area contributed by atoms with Crippen LogP contribution in [-0.2, 0) is 25.5 Å². The first-order valence-electron chi connectivity index (χ1n) is 11.5. The van der Waals surface area contributed by atoms with Gasteiger partial charge in [0.25, 0.3) is 0 Å². The number of rotatable bonds is 12. The number of aryl methyl sites for hydroxylation is 1. The Balaban J connectivity index is 1.97. The van der Waals surface area contributed by atoms with E-state index in [0.29, 0.717) is 25.8 Å². The van der Waals surface area contributed by atoms with Crippen LogP contribution in [0.4, 0.5) is 4.39 Å². The zero-order chi connectivity index (χ0) is 23.3. The number of unbranched alkanes of at least 4 members (excludes halogenated alkanes) is 1. The lowest BCUT2D eigenvalue weighted by Gasteiger charge is -2.36. The molecule has 0 bridgehead atoms. The molecule has 1 saturated heterocycles. The van der Waals surface area contributed by atoms with Gasteiger partial charge in [-0.05, 0) is 37.7 Å². The summed E-state index contributed by atoms with van der Waals surface area (Å²) < 4.78 is 18.2. The quantitative estimate of drug-likeness (QED) is 0.377. The first kappa shape index (κ1) is 25.8. The second kappa shape index (κ2) is 13.8. The highest BCUT2D eigenvalue weighted by molar-refractivity contribution is 5.88. The Bertz CT molecular complexity index is 730. The van der Waals surface area contributed by atoms with Crippen LogP contribution in [0.3, 0.4) is 0 Å². The van der Waals surface area contributed by atoms with Crippen LogP contribution in [0.15, 0.2) is 30.3 Å². The lowest BCUT2D eigenvalue weighted by Crippen LogP contribution is -2.56. The Morgan fingerprint density at radius 1 is 1.25 bits per heavy atom. The van der Waals surface area contributed by atoms with Gasteiger partial charge < -0.3 is 20.1 Å². The van der Waals surface area contributed by atoms with Gasteiger partial charge in [0, 0.05) is 13.0 Å². The number of amides is 2. The molecule has 1 aliphatic heterocycles. The first-order valence-corrected chi connectivity index (χ1v) is 11.5. The fraction of sp³-hybridized carbons (Fsp3) is 0.625. The summed E-state index contributed by atoms with van der Waals surface area (Å²) in [5.74, 6) is -1.19. The highest BCUT2D eigenvalue weighted by Crippen LogP contribution is 2.20. The lowest BCUT2D eigenvalue weighted by atomic mass is 9.99. The average Bonchev–Trinajstić information content (AvgIpc) is 2.82. The average molecular weight is 451 g/mol. The molecule has 8 heteroatoms. The zero-order valence-corrected chi connectivity index (χ0v) is 18.8. The molecule has 1 fully saturated rings. The Morgan fingerprint density at radius 3 is 2.69 bits per heavy atom. The second-order valence-electron chi connectivity index (χ2n) is 8.20. The molecule has 0 aromatic heterocycles. The van der Waals surface area contributed by atoms with Crippen LogP contribution >= 0.6 is 0 Å². The van der Waals surface area contributed by atoms with Gasteiger partial charge in [-0.25, -0.2) is 4.39 Å². The molecule has 0 saturated carbocycles. The van der Waals surface area contributed by atoms with E-state index in [1.54, 1.807) is 4.90 Å². The largest absolute Gasteiger partial charge is 0.466 e. The normalized spacial score (nSPS) is 18.0. The highest BCUT2D eigenvalue weighted by atomic mass is 19.1. The third-order valence-corrected chi connectivity index (χ3v) is 5.69. The van der Waals surface area contributed by atoms with Crippen LogP contribution in [0.1, 0.15) is 57.4 Å². The number of aliphatic hydroxyl groups excluding tert-OH is 1. The summed E-state index contributed by atoms with van der Waals surface area (Å²) >= 11 is 0. The van der Waals surface area contributed by atoms with Crippen molar-refractivity contribution in [3.8, 4) is 0 Å².